The highest BCUT2D eigenvalue weighted by atomic mass is 32.2. The highest BCUT2D eigenvalue weighted by Gasteiger charge is 2.32. The number of nitrogens with zero attached hydrogens (tertiary/aromatic N) is 2. The molecule has 2 saturated heterocycles. The van der Waals surface area contributed by atoms with Gasteiger partial charge >= 0.3 is 5.97 Å². The maximum absolute atomic E-state index is 14.0. The Balaban J connectivity index is 1.30. The zero-order valence-corrected chi connectivity index (χ0v) is 25.6. The van der Waals surface area contributed by atoms with E-state index >= 15 is 0 Å². The van der Waals surface area contributed by atoms with Gasteiger partial charge in [0.1, 0.15) is 28.3 Å². The van der Waals surface area contributed by atoms with Gasteiger partial charge in [0, 0.05) is 49.9 Å². The number of rotatable bonds is 11. The summed E-state index contributed by atoms with van der Waals surface area (Å²) in [6.45, 7) is 4.01. The lowest BCUT2D eigenvalue weighted by Crippen LogP contribution is -2.38. The Morgan fingerprint density at radius 1 is 1.00 bits per heavy atom. The minimum Gasteiger partial charge on any atom is -0.492 e. The van der Waals surface area contributed by atoms with E-state index in [0.717, 1.165) is 30.9 Å². The Hall–Kier alpha value is -4.17. The highest BCUT2D eigenvalue weighted by Crippen LogP contribution is 2.36. The molecule has 0 bridgehead atoms. The van der Waals surface area contributed by atoms with E-state index in [2.05, 4.69) is 10.2 Å². The lowest BCUT2D eigenvalue weighted by molar-refractivity contribution is -0.122. The molecule has 13 heteroatoms. The molecule has 2 fully saturated rings. The molecule has 234 valence electrons. The zero-order valence-electron chi connectivity index (χ0n) is 24.0. The van der Waals surface area contributed by atoms with Gasteiger partial charge in [-0.15, -0.1) is 0 Å². The number of hydrogen-bond donors (Lipinski definition) is 2. The van der Waals surface area contributed by atoms with E-state index < -0.39 is 17.6 Å². The van der Waals surface area contributed by atoms with Crippen LogP contribution >= 0.6 is 24.0 Å². The minimum atomic E-state index is -1.07. The Morgan fingerprint density at radius 2 is 1.71 bits per heavy atom. The number of thioether (sulfide) groups is 1. The van der Waals surface area contributed by atoms with Gasteiger partial charge in [0.05, 0.1) is 23.7 Å². The molecule has 2 aliphatic heterocycles. The van der Waals surface area contributed by atoms with Crippen molar-refractivity contribution in [2.75, 3.05) is 51.3 Å². The molecule has 3 aromatic rings. The molecular formula is C32H29F2N3O6S2. The van der Waals surface area contributed by atoms with E-state index in [0.29, 0.717) is 59.4 Å². The maximum atomic E-state index is 14.0. The molecule has 45 heavy (non-hydrogen) atoms. The van der Waals surface area contributed by atoms with E-state index in [1.54, 1.807) is 24.3 Å². The molecule has 2 N–H and O–H groups in total. The average Bonchev–Trinajstić information content (AvgIpc) is 3.28. The van der Waals surface area contributed by atoms with E-state index in [1.165, 1.54) is 41.3 Å². The Kier molecular flexibility index (Phi) is 10.6. The molecule has 0 aliphatic carbocycles. The van der Waals surface area contributed by atoms with Crippen molar-refractivity contribution in [3.05, 3.63) is 88.3 Å². The minimum absolute atomic E-state index is 0.0343. The van der Waals surface area contributed by atoms with E-state index in [4.69, 9.17) is 26.8 Å². The van der Waals surface area contributed by atoms with Crippen LogP contribution in [0.4, 0.5) is 14.5 Å². The molecule has 0 saturated carbocycles. The van der Waals surface area contributed by atoms with Gasteiger partial charge in [0.15, 0.2) is 0 Å². The number of amides is 2. The number of ether oxygens (including phenoxy) is 2. The SMILES string of the molecule is O=C(CCN1C(=O)C(=Cc2cc(-c3cc(F)cc(F)c3)ccc2OCCN2CCOCC2)SC1=S)Nc1ccc(C(=O)O)cc1. The first kappa shape index (κ1) is 32.2. The molecule has 9 nitrogen and oxygen atoms in total. The topological polar surface area (TPSA) is 108 Å². The fourth-order valence-corrected chi connectivity index (χ4v) is 6.07. The van der Waals surface area contributed by atoms with Crippen LogP contribution in [0.15, 0.2) is 65.6 Å². The van der Waals surface area contributed by atoms with Crippen LogP contribution in [0, 0.1) is 11.6 Å². The van der Waals surface area contributed by atoms with Gasteiger partial charge in [0.25, 0.3) is 5.91 Å². The number of anilines is 1. The third-order valence-corrected chi connectivity index (χ3v) is 8.49. The number of halogens is 2. The number of carboxylic acid groups (broad SMARTS) is 1. The molecular weight excluding hydrogens is 624 g/mol. The molecule has 0 aromatic heterocycles. The van der Waals surface area contributed by atoms with Gasteiger partial charge in [0.2, 0.25) is 5.91 Å². The number of carbonyl (C=O) groups excluding carboxylic acids is 2. The largest absolute Gasteiger partial charge is 0.492 e. The number of nitrogens with one attached hydrogen (secondary N) is 1. The number of aromatic carboxylic acids is 1. The zero-order chi connectivity index (χ0) is 31.9. The van der Waals surface area contributed by atoms with Crippen LogP contribution in [0.25, 0.3) is 17.2 Å². The van der Waals surface area contributed by atoms with Gasteiger partial charge in [-0.3, -0.25) is 19.4 Å². The summed E-state index contributed by atoms with van der Waals surface area (Å²) in [5.41, 5.74) is 1.91. The van der Waals surface area contributed by atoms with Crippen LogP contribution in [0.3, 0.4) is 0 Å². The maximum Gasteiger partial charge on any atom is 0.335 e. The Bertz CT molecular complexity index is 1620. The molecule has 0 unspecified atom stereocenters. The van der Waals surface area contributed by atoms with Crippen molar-refractivity contribution in [3.63, 3.8) is 0 Å². The van der Waals surface area contributed by atoms with Gasteiger partial charge < -0.3 is 19.9 Å². The first-order valence-corrected chi connectivity index (χ1v) is 15.3. The summed E-state index contributed by atoms with van der Waals surface area (Å²) in [7, 11) is 0. The monoisotopic (exact) mass is 653 g/mol. The fraction of sp³-hybridized carbons (Fsp3) is 0.250. The fourth-order valence-electron chi connectivity index (χ4n) is 4.77. The Morgan fingerprint density at radius 3 is 2.40 bits per heavy atom. The standard InChI is InChI=1S/C32H29F2N3O6S2/c33-24-16-22(17-25(34)19-24)21-3-6-27(43-14-11-36-9-12-42-13-10-36)23(15-21)18-28-30(39)37(32(44)45-28)8-7-29(38)35-26-4-1-20(2-5-26)31(40)41/h1-6,15-19H,7-14H2,(H,35,38)(H,40,41). The molecule has 5 rings (SSSR count). The van der Waals surface area contributed by atoms with Crippen molar-refractivity contribution in [1.29, 1.82) is 0 Å². The predicted octanol–water partition coefficient (Wildman–Crippen LogP) is 5.27. The summed E-state index contributed by atoms with van der Waals surface area (Å²) in [4.78, 5) is 40.8. The first-order chi connectivity index (χ1) is 21.7. The lowest BCUT2D eigenvalue weighted by atomic mass is 10.0. The second-order valence-corrected chi connectivity index (χ2v) is 11.9. The summed E-state index contributed by atoms with van der Waals surface area (Å²) >= 11 is 6.53. The highest BCUT2D eigenvalue weighted by molar-refractivity contribution is 8.26. The smallest absolute Gasteiger partial charge is 0.335 e. The Labute approximate surface area is 267 Å². The van der Waals surface area contributed by atoms with Crippen molar-refractivity contribution < 1.29 is 37.7 Å². The summed E-state index contributed by atoms with van der Waals surface area (Å²) < 4.78 is 39.8. The van der Waals surface area contributed by atoms with Gasteiger partial charge in [-0.25, -0.2) is 13.6 Å². The van der Waals surface area contributed by atoms with E-state index in [-0.39, 0.29) is 34.7 Å². The van der Waals surface area contributed by atoms with Crippen molar-refractivity contribution in [3.8, 4) is 16.9 Å². The van der Waals surface area contributed by atoms with Crippen molar-refractivity contribution in [2.45, 2.75) is 6.42 Å². The van der Waals surface area contributed by atoms with Crippen LogP contribution in [-0.2, 0) is 14.3 Å². The number of carboxylic acids is 1. The van der Waals surface area contributed by atoms with Crippen molar-refractivity contribution >= 4 is 57.8 Å². The van der Waals surface area contributed by atoms with Gasteiger partial charge in [-0.05, 0) is 65.7 Å². The van der Waals surface area contributed by atoms with E-state index in [9.17, 15) is 23.2 Å². The van der Waals surface area contributed by atoms with Crippen molar-refractivity contribution in [1.82, 2.24) is 9.80 Å². The number of hydrogen-bond acceptors (Lipinski definition) is 8. The normalized spacial score (nSPS) is 16.3. The average molecular weight is 654 g/mol. The molecule has 2 amide bonds. The quantitative estimate of drug-likeness (QED) is 0.211. The second kappa shape index (κ2) is 14.7. The molecule has 0 atom stereocenters. The third-order valence-electron chi connectivity index (χ3n) is 7.11. The van der Waals surface area contributed by atoms with Gasteiger partial charge in [-0.2, -0.15) is 0 Å². The summed E-state index contributed by atoms with van der Waals surface area (Å²) in [5, 5.41) is 11.7. The summed E-state index contributed by atoms with van der Waals surface area (Å²) in [5.74, 6) is -2.76. The van der Waals surface area contributed by atoms with Crippen LogP contribution in [0.1, 0.15) is 22.3 Å². The molecule has 3 aromatic carbocycles. The third kappa shape index (κ3) is 8.51. The molecule has 2 heterocycles. The van der Waals surface area contributed by atoms with Crippen molar-refractivity contribution in [2.24, 2.45) is 0 Å². The number of carbonyl (C=O) groups is 3. The predicted molar refractivity (Wildman–Crippen MR) is 171 cm³/mol. The van der Waals surface area contributed by atoms with Crippen LogP contribution in [-0.4, -0.2) is 83.0 Å². The van der Waals surface area contributed by atoms with Gasteiger partial charge in [-0.1, -0.05) is 30.0 Å². The van der Waals surface area contributed by atoms with Crippen LogP contribution in [0.2, 0.25) is 0 Å². The molecule has 0 radical (unpaired) electrons. The summed E-state index contributed by atoms with van der Waals surface area (Å²) in [6, 6.07) is 14.1. The lowest BCUT2D eigenvalue weighted by Gasteiger charge is -2.26. The van der Waals surface area contributed by atoms with Crippen LogP contribution < -0.4 is 10.1 Å². The second-order valence-electron chi connectivity index (χ2n) is 10.2. The number of thiocarbonyl (C=S) groups is 1. The van der Waals surface area contributed by atoms with E-state index in [1.807, 2.05) is 0 Å². The number of benzene rings is 3. The molecule has 0 spiro atoms. The number of morpholine rings is 1. The first-order valence-electron chi connectivity index (χ1n) is 14.1. The summed E-state index contributed by atoms with van der Waals surface area (Å²) in [6.07, 6.45) is 1.59. The van der Waals surface area contributed by atoms with Crippen LogP contribution in [0.5, 0.6) is 5.75 Å². The molecule has 2 aliphatic rings.